The number of hydrogen-bond donors (Lipinski definition) is 2. The summed E-state index contributed by atoms with van der Waals surface area (Å²) in [6, 6.07) is 15.0. The molecule has 0 bridgehead atoms. The predicted molar refractivity (Wildman–Crippen MR) is 111 cm³/mol. The lowest BCUT2D eigenvalue weighted by molar-refractivity contribution is 0.0975. The number of aryl methyl sites for hydroxylation is 1. The van der Waals surface area contributed by atoms with Gasteiger partial charge in [0.2, 0.25) is 5.96 Å². The average Bonchev–Trinajstić information content (AvgIpc) is 3.21. The maximum absolute atomic E-state index is 12.7. The first kappa shape index (κ1) is 19.9. The monoisotopic (exact) mass is 381 g/mol. The number of ether oxygens (including phenoxy) is 2. The van der Waals surface area contributed by atoms with Crippen molar-refractivity contribution in [3.63, 3.8) is 0 Å². The SMILES string of the molecule is CCOc1ccccc1NC(=NC[C@H]1CCCO1)NC(=O)c1cccc(C)c1. The molecule has 0 unspecified atom stereocenters. The number of para-hydroxylation sites is 2. The number of aliphatic imine (C=N–C) groups is 1. The van der Waals surface area contributed by atoms with Gasteiger partial charge >= 0.3 is 0 Å². The van der Waals surface area contributed by atoms with Crippen LogP contribution in [0.25, 0.3) is 0 Å². The normalized spacial score (nSPS) is 16.6. The van der Waals surface area contributed by atoms with E-state index in [-0.39, 0.29) is 12.0 Å². The molecule has 1 aliphatic heterocycles. The topological polar surface area (TPSA) is 71.9 Å². The largest absolute Gasteiger partial charge is 0.492 e. The summed E-state index contributed by atoms with van der Waals surface area (Å²) in [5, 5.41) is 6.10. The molecule has 6 nitrogen and oxygen atoms in total. The van der Waals surface area contributed by atoms with Crippen molar-refractivity contribution in [2.45, 2.75) is 32.8 Å². The number of benzene rings is 2. The van der Waals surface area contributed by atoms with E-state index in [1.54, 1.807) is 6.07 Å². The number of hydrogen-bond acceptors (Lipinski definition) is 4. The molecule has 1 aliphatic rings. The number of anilines is 1. The first-order valence-electron chi connectivity index (χ1n) is 9.68. The van der Waals surface area contributed by atoms with E-state index in [4.69, 9.17) is 9.47 Å². The van der Waals surface area contributed by atoms with Crippen LogP contribution >= 0.6 is 0 Å². The second kappa shape index (κ2) is 9.90. The Morgan fingerprint density at radius 3 is 2.86 bits per heavy atom. The molecule has 2 aromatic rings. The molecule has 1 fully saturated rings. The van der Waals surface area contributed by atoms with Crippen LogP contribution in [0.1, 0.15) is 35.7 Å². The summed E-state index contributed by atoms with van der Waals surface area (Å²) in [6.07, 6.45) is 2.12. The van der Waals surface area contributed by atoms with Gasteiger partial charge in [-0.25, -0.2) is 4.99 Å². The molecule has 148 valence electrons. The van der Waals surface area contributed by atoms with Crippen molar-refractivity contribution in [3.8, 4) is 5.75 Å². The van der Waals surface area contributed by atoms with E-state index in [0.717, 1.165) is 30.7 Å². The van der Waals surface area contributed by atoms with E-state index in [1.807, 2.05) is 56.3 Å². The van der Waals surface area contributed by atoms with Crippen molar-refractivity contribution in [1.82, 2.24) is 5.32 Å². The van der Waals surface area contributed by atoms with Crippen LogP contribution in [0.5, 0.6) is 5.75 Å². The summed E-state index contributed by atoms with van der Waals surface area (Å²) in [4.78, 5) is 17.3. The van der Waals surface area contributed by atoms with E-state index in [2.05, 4.69) is 15.6 Å². The van der Waals surface area contributed by atoms with Crippen molar-refractivity contribution in [2.24, 2.45) is 4.99 Å². The zero-order valence-electron chi connectivity index (χ0n) is 16.4. The molecular weight excluding hydrogens is 354 g/mol. The maximum Gasteiger partial charge on any atom is 0.257 e. The van der Waals surface area contributed by atoms with E-state index in [0.29, 0.717) is 30.4 Å². The molecule has 28 heavy (non-hydrogen) atoms. The van der Waals surface area contributed by atoms with E-state index in [1.165, 1.54) is 0 Å². The minimum atomic E-state index is -0.212. The zero-order valence-corrected chi connectivity index (χ0v) is 16.4. The second-order valence-electron chi connectivity index (χ2n) is 6.70. The van der Waals surface area contributed by atoms with Gasteiger partial charge in [-0.1, -0.05) is 29.8 Å². The van der Waals surface area contributed by atoms with Crippen LogP contribution in [0, 0.1) is 6.92 Å². The molecule has 0 aliphatic carbocycles. The Morgan fingerprint density at radius 1 is 1.25 bits per heavy atom. The number of amides is 1. The molecule has 6 heteroatoms. The first-order chi connectivity index (χ1) is 13.7. The number of guanidine groups is 1. The zero-order chi connectivity index (χ0) is 19.8. The van der Waals surface area contributed by atoms with Crippen LogP contribution in [0.4, 0.5) is 5.69 Å². The highest BCUT2D eigenvalue weighted by atomic mass is 16.5. The fourth-order valence-corrected chi connectivity index (χ4v) is 3.04. The number of rotatable bonds is 6. The Morgan fingerprint density at radius 2 is 2.11 bits per heavy atom. The Hall–Kier alpha value is -2.86. The van der Waals surface area contributed by atoms with Crippen LogP contribution in [0.15, 0.2) is 53.5 Å². The summed E-state index contributed by atoms with van der Waals surface area (Å²) in [6.45, 7) is 5.71. The molecule has 2 aromatic carbocycles. The van der Waals surface area contributed by atoms with Crippen LogP contribution < -0.4 is 15.4 Å². The van der Waals surface area contributed by atoms with Gasteiger partial charge in [0, 0.05) is 12.2 Å². The molecule has 0 spiro atoms. The van der Waals surface area contributed by atoms with Crippen LogP contribution in [0.2, 0.25) is 0 Å². The molecule has 1 heterocycles. The fraction of sp³-hybridized carbons (Fsp3) is 0.364. The highest BCUT2D eigenvalue weighted by molar-refractivity contribution is 6.10. The van der Waals surface area contributed by atoms with Gasteiger partial charge in [0.05, 0.1) is 24.9 Å². The molecule has 1 atom stereocenters. The summed E-state index contributed by atoms with van der Waals surface area (Å²) < 4.78 is 11.3. The van der Waals surface area contributed by atoms with Crippen molar-refractivity contribution >= 4 is 17.6 Å². The lowest BCUT2D eigenvalue weighted by Crippen LogP contribution is -2.37. The van der Waals surface area contributed by atoms with Gasteiger partial charge < -0.3 is 14.8 Å². The van der Waals surface area contributed by atoms with Gasteiger partial charge in [0.15, 0.2) is 0 Å². The summed E-state index contributed by atoms with van der Waals surface area (Å²) in [5.74, 6) is 0.880. The van der Waals surface area contributed by atoms with E-state index >= 15 is 0 Å². The van der Waals surface area contributed by atoms with E-state index < -0.39 is 0 Å². The van der Waals surface area contributed by atoms with Crippen molar-refractivity contribution in [3.05, 3.63) is 59.7 Å². The minimum Gasteiger partial charge on any atom is -0.492 e. The minimum absolute atomic E-state index is 0.0924. The number of nitrogens with one attached hydrogen (secondary N) is 2. The highest BCUT2D eigenvalue weighted by Gasteiger charge is 2.16. The molecule has 1 amide bonds. The predicted octanol–water partition coefficient (Wildman–Crippen LogP) is 3.77. The lowest BCUT2D eigenvalue weighted by Gasteiger charge is -2.16. The highest BCUT2D eigenvalue weighted by Crippen LogP contribution is 2.23. The third-order valence-electron chi connectivity index (χ3n) is 4.43. The smallest absolute Gasteiger partial charge is 0.257 e. The molecular formula is C22H27N3O3. The second-order valence-corrected chi connectivity index (χ2v) is 6.70. The van der Waals surface area contributed by atoms with Crippen molar-refractivity contribution < 1.29 is 14.3 Å². The Labute approximate surface area is 166 Å². The van der Waals surface area contributed by atoms with Gasteiger partial charge in [-0.05, 0) is 51.0 Å². The van der Waals surface area contributed by atoms with Gasteiger partial charge in [-0.2, -0.15) is 0 Å². The lowest BCUT2D eigenvalue weighted by atomic mass is 10.1. The molecule has 3 rings (SSSR count). The summed E-state index contributed by atoms with van der Waals surface area (Å²) >= 11 is 0. The molecule has 0 radical (unpaired) electrons. The van der Waals surface area contributed by atoms with Crippen LogP contribution in [-0.2, 0) is 4.74 Å². The Balaban J connectivity index is 1.78. The van der Waals surface area contributed by atoms with Crippen molar-refractivity contribution in [1.29, 1.82) is 0 Å². The summed E-state index contributed by atoms with van der Waals surface area (Å²) in [5.41, 5.74) is 2.37. The molecule has 0 saturated carbocycles. The third-order valence-corrected chi connectivity index (χ3v) is 4.43. The average molecular weight is 381 g/mol. The Bertz CT molecular complexity index is 829. The quantitative estimate of drug-likeness (QED) is 0.590. The summed E-state index contributed by atoms with van der Waals surface area (Å²) in [7, 11) is 0. The van der Waals surface area contributed by atoms with Gasteiger partial charge in [-0.15, -0.1) is 0 Å². The first-order valence-corrected chi connectivity index (χ1v) is 9.68. The number of carbonyl (C=O) groups is 1. The van der Waals surface area contributed by atoms with Crippen molar-refractivity contribution in [2.75, 3.05) is 25.1 Å². The van der Waals surface area contributed by atoms with Gasteiger partial charge in [0.25, 0.3) is 5.91 Å². The number of carbonyl (C=O) groups excluding carboxylic acids is 1. The standard InChI is InChI=1S/C22H27N3O3/c1-3-27-20-12-5-4-11-19(20)24-22(23-15-18-10-7-13-28-18)25-21(26)17-9-6-8-16(2)14-17/h4-6,8-9,11-12,14,18H,3,7,10,13,15H2,1-2H3,(H2,23,24,25,26)/t18-/m1/s1. The number of nitrogens with zero attached hydrogens (tertiary/aromatic N) is 1. The fourth-order valence-electron chi connectivity index (χ4n) is 3.04. The van der Waals surface area contributed by atoms with Crippen LogP contribution in [0.3, 0.4) is 0 Å². The third kappa shape index (κ3) is 5.57. The maximum atomic E-state index is 12.7. The van der Waals surface area contributed by atoms with Crippen LogP contribution in [-0.4, -0.2) is 37.7 Å². The Kier molecular flexibility index (Phi) is 7.03. The molecule has 2 N–H and O–H groups in total. The van der Waals surface area contributed by atoms with Gasteiger partial charge in [0.1, 0.15) is 5.75 Å². The molecule has 0 aromatic heterocycles. The van der Waals surface area contributed by atoms with Gasteiger partial charge in [-0.3, -0.25) is 10.1 Å². The van der Waals surface area contributed by atoms with E-state index in [9.17, 15) is 4.79 Å². The molecule has 1 saturated heterocycles.